The number of hydrogen-bond donors (Lipinski definition) is 1. The molecule has 102 valence electrons. The highest BCUT2D eigenvalue weighted by Gasteiger charge is 2.11. The lowest BCUT2D eigenvalue weighted by atomic mass is 10.3. The lowest BCUT2D eigenvalue weighted by molar-refractivity contribution is 0.465. The van der Waals surface area contributed by atoms with Gasteiger partial charge in [0.05, 0.1) is 16.2 Å². The molecule has 0 bridgehead atoms. The van der Waals surface area contributed by atoms with Crippen molar-refractivity contribution >= 4 is 28.3 Å². The summed E-state index contributed by atoms with van der Waals surface area (Å²) < 4.78 is 7.85. The molecule has 0 fully saturated rings. The second-order valence-electron chi connectivity index (χ2n) is 4.30. The van der Waals surface area contributed by atoms with E-state index in [2.05, 4.69) is 16.9 Å². The number of nitrogens with zero attached hydrogens (tertiary/aromatic N) is 3. The van der Waals surface area contributed by atoms with Crippen LogP contribution in [0, 0.1) is 0 Å². The van der Waals surface area contributed by atoms with E-state index in [0.717, 1.165) is 17.6 Å². The van der Waals surface area contributed by atoms with Gasteiger partial charge in [-0.2, -0.15) is 4.98 Å². The Hall–Kier alpha value is -2.27. The van der Waals surface area contributed by atoms with E-state index in [9.17, 15) is 0 Å². The molecule has 0 aliphatic rings. The van der Waals surface area contributed by atoms with E-state index in [4.69, 9.17) is 22.1 Å². The van der Waals surface area contributed by atoms with Crippen LogP contribution in [0.4, 0.5) is 5.69 Å². The summed E-state index contributed by atoms with van der Waals surface area (Å²) in [5, 5.41) is 0.457. The van der Waals surface area contributed by atoms with Crippen molar-refractivity contribution in [2.75, 3.05) is 5.73 Å². The van der Waals surface area contributed by atoms with E-state index in [1.165, 1.54) is 6.33 Å². The first kappa shape index (κ1) is 12.7. The smallest absolute Gasteiger partial charge is 0.247 e. The van der Waals surface area contributed by atoms with Crippen molar-refractivity contribution in [1.29, 1.82) is 0 Å². The van der Waals surface area contributed by atoms with E-state index in [1.54, 1.807) is 18.2 Å². The molecule has 0 aliphatic heterocycles. The van der Waals surface area contributed by atoms with Crippen LogP contribution < -0.4 is 10.5 Å². The Morgan fingerprint density at radius 1 is 1.30 bits per heavy atom. The van der Waals surface area contributed by atoms with Crippen LogP contribution in [-0.4, -0.2) is 14.5 Å². The summed E-state index contributed by atoms with van der Waals surface area (Å²) in [6.45, 7) is 2.87. The topological polar surface area (TPSA) is 66.0 Å². The first-order valence-corrected chi connectivity index (χ1v) is 6.59. The summed E-state index contributed by atoms with van der Waals surface area (Å²) in [4.78, 5) is 8.43. The van der Waals surface area contributed by atoms with Crippen LogP contribution in [0.25, 0.3) is 11.0 Å². The molecular formula is C14H13ClN4O. The Morgan fingerprint density at radius 2 is 2.15 bits per heavy atom. The number of hydrogen-bond acceptors (Lipinski definition) is 4. The van der Waals surface area contributed by atoms with Crippen LogP contribution in [-0.2, 0) is 6.54 Å². The monoisotopic (exact) mass is 288 g/mol. The van der Waals surface area contributed by atoms with Gasteiger partial charge in [-0.15, -0.1) is 0 Å². The maximum Gasteiger partial charge on any atom is 0.247 e. The van der Waals surface area contributed by atoms with Crippen LogP contribution in [0.1, 0.15) is 6.92 Å². The summed E-state index contributed by atoms with van der Waals surface area (Å²) in [5.41, 5.74) is 7.91. The Balaban J connectivity index is 2.05. The van der Waals surface area contributed by atoms with Gasteiger partial charge in [-0.3, -0.25) is 0 Å². The molecule has 2 aromatic heterocycles. The quantitative estimate of drug-likeness (QED) is 0.749. The van der Waals surface area contributed by atoms with Gasteiger partial charge in [-0.25, -0.2) is 4.98 Å². The number of benzene rings is 1. The van der Waals surface area contributed by atoms with Gasteiger partial charge in [0.2, 0.25) is 5.88 Å². The number of fused-ring (bicyclic) bond motifs is 1. The fraction of sp³-hybridized carbons (Fsp3) is 0.143. The summed E-state index contributed by atoms with van der Waals surface area (Å²) in [5.74, 6) is 1.09. The van der Waals surface area contributed by atoms with Gasteiger partial charge in [-0.1, -0.05) is 11.6 Å². The lowest BCUT2D eigenvalue weighted by Crippen LogP contribution is -1.97. The molecule has 3 rings (SSSR count). The third-order valence-electron chi connectivity index (χ3n) is 3.04. The molecule has 20 heavy (non-hydrogen) atoms. The predicted octanol–water partition coefficient (Wildman–Crippen LogP) is 3.48. The largest absolute Gasteiger partial charge is 0.437 e. The Morgan fingerprint density at radius 3 is 2.90 bits per heavy atom. The second kappa shape index (κ2) is 5.02. The molecule has 0 saturated carbocycles. The zero-order valence-corrected chi connectivity index (χ0v) is 11.6. The zero-order valence-electron chi connectivity index (χ0n) is 10.9. The minimum Gasteiger partial charge on any atom is -0.437 e. The van der Waals surface area contributed by atoms with Gasteiger partial charge >= 0.3 is 0 Å². The van der Waals surface area contributed by atoms with Crippen LogP contribution in [0.3, 0.4) is 0 Å². The standard InChI is InChI=1S/C14H13ClN4O/c1-2-19-6-5-12-13(19)14(18-8-17-12)20-9-3-4-11(16)10(15)7-9/h3-8H,2,16H2,1H3. The average molecular weight is 289 g/mol. The van der Waals surface area contributed by atoms with Crippen LogP contribution in [0.5, 0.6) is 11.6 Å². The molecule has 0 unspecified atom stereocenters. The molecular weight excluding hydrogens is 276 g/mol. The third-order valence-corrected chi connectivity index (χ3v) is 3.37. The van der Waals surface area contributed by atoms with Gasteiger partial charge < -0.3 is 15.0 Å². The molecule has 2 N–H and O–H groups in total. The minimum absolute atomic E-state index is 0.457. The van der Waals surface area contributed by atoms with Crippen LogP contribution in [0.2, 0.25) is 5.02 Å². The number of halogens is 1. The van der Waals surface area contributed by atoms with E-state index < -0.39 is 0 Å². The Bertz CT molecular complexity index is 769. The highest BCUT2D eigenvalue weighted by Crippen LogP contribution is 2.30. The number of aryl methyl sites for hydroxylation is 1. The van der Waals surface area contributed by atoms with Gasteiger partial charge in [-0.05, 0) is 25.1 Å². The maximum atomic E-state index is 5.99. The first-order chi connectivity index (χ1) is 9.69. The fourth-order valence-corrected chi connectivity index (χ4v) is 2.19. The number of nitrogens with two attached hydrogens (primary N) is 1. The zero-order chi connectivity index (χ0) is 14.1. The van der Waals surface area contributed by atoms with E-state index >= 15 is 0 Å². The van der Waals surface area contributed by atoms with Gasteiger partial charge in [0.25, 0.3) is 0 Å². The highest BCUT2D eigenvalue weighted by atomic mass is 35.5. The van der Waals surface area contributed by atoms with Crippen molar-refractivity contribution in [3.8, 4) is 11.6 Å². The fourth-order valence-electron chi connectivity index (χ4n) is 2.02. The van der Waals surface area contributed by atoms with Crippen molar-refractivity contribution in [3.05, 3.63) is 41.8 Å². The molecule has 0 atom stereocenters. The number of nitrogen functional groups attached to an aromatic ring is 1. The minimum atomic E-state index is 0.457. The van der Waals surface area contributed by atoms with Crippen molar-refractivity contribution in [3.63, 3.8) is 0 Å². The summed E-state index contributed by atoms with van der Waals surface area (Å²) in [7, 11) is 0. The van der Waals surface area contributed by atoms with Gasteiger partial charge in [0.1, 0.15) is 17.6 Å². The second-order valence-corrected chi connectivity index (χ2v) is 4.71. The number of ether oxygens (including phenoxy) is 1. The highest BCUT2D eigenvalue weighted by molar-refractivity contribution is 6.33. The molecule has 0 radical (unpaired) electrons. The molecule has 5 nitrogen and oxygen atoms in total. The number of anilines is 1. The molecule has 0 saturated heterocycles. The summed E-state index contributed by atoms with van der Waals surface area (Å²) >= 11 is 5.99. The average Bonchev–Trinajstić information content (AvgIpc) is 2.87. The molecule has 6 heteroatoms. The molecule has 3 aromatic rings. The Kier molecular flexibility index (Phi) is 3.20. The normalized spacial score (nSPS) is 10.9. The third kappa shape index (κ3) is 2.16. The predicted molar refractivity (Wildman–Crippen MR) is 79.1 cm³/mol. The molecule has 0 spiro atoms. The van der Waals surface area contributed by atoms with Crippen molar-refractivity contribution in [1.82, 2.24) is 14.5 Å². The van der Waals surface area contributed by atoms with E-state index in [-0.39, 0.29) is 0 Å². The maximum absolute atomic E-state index is 5.99. The van der Waals surface area contributed by atoms with Crippen molar-refractivity contribution in [2.24, 2.45) is 0 Å². The van der Waals surface area contributed by atoms with Crippen LogP contribution >= 0.6 is 11.6 Å². The van der Waals surface area contributed by atoms with E-state index in [0.29, 0.717) is 22.3 Å². The number of rotatable bonds is 3. The lowest BCUT2D eigenvalue weighted by Gasteiger charge is -2.09. The SMILES string of the molecule is CCn1ccc2ncnc(Oc3ccc(N)c(Cl)c3)c21. The van der Waals surface area contributed by atoms with Crippen molar-refractivity contribution < 1.29 is 4.74 Å². The van der Waals surface area contributed by atoms with Gasteiger partial charge in [0.15, 0.2) is 0 Å². The molecule has 2 heterocycles. The number of aromatic nitrogens is 3. The van der Waals surface area contributed by atoms with Crippen LogP contribution in [0.15, 0.2) is 36.8 Å². The van der Waals surface area contributed by atoms with Gasteiger partial charge in [0, 0.05) is 18.8 Å². The summed E-state index contributed by atoms with van der Waals surface area (Å²) in [6, 6.07) is 7.07. The first-order valence-electron chi connectivity index (χ1n) is 6.21. The molecule has 0 aliphatic carbocycles. The summed E-state index contributed by atoms with van der Waals surface area (Å²) in [6.07, 6.45) is 3.44. The van der Waals surface area contributed by atoms with Crippen molar-refractivity contribution in [2.45, 2.75) is 13.5 Å². The van der Waals surface area contributed by atoms with E-state index in [1.807, 2.05) is 16.8 Å². The molecule has 0 amide bonds. The molecule has 1 aromatic carbocycles. The Labute approximate surface area is 121 Å².